The number of halogens is 3. The van der Waals surface area contributed by atoms with Crippen molar-refractivity contribution in [2.45, 2.75) is 50.5 Å². The van der Waals surface area contributed by atoms with E-state index in [1.165, 1.54) is 41.3 Å². The summed E-state index contributed by atoms with van der Waals surface area (Å²) in [4.78, 5) is 19.2. The summed E-state index contributed by atoms with van der Waals surface area (Å²) in [5, 5.41) is 0. The number of amides is 1. The van der Waals surface area contributed by atoms with Gasteiger partial charge in [0.15, 0.2) is 9.84 Å². The molecule has 1 aliphatic heterocycles. The number of hydrogen-bond acceptors (Lipinski definition) is 6. The van der Waals surface area contributed by atoms with Crippen molar-refractivity contribution >= 4 is 27.0 Å². The zero-order chi connectivity index (χ0) is 29.7. The highest BCUT2D eigenvalue weighted by atomic mass is 32.2. The van der Waals surface area contributed by atoms with Gasteiger partial charge < -0.3 is 14.0 Å². The van der Waals surface area contributed by atoms with Crippen LogP contribution in [0.25, 0.3) is 22.2 Å². The van der Waals surface area contributed by atoms with Gasteiger partial charge in [-0.15, -0.1) is 0 Å². The average molecular weight is 588 g/mol. The lowest BCUT2D eigenvalue weighted by Crippen LogP contribution is -2.44. The van der Waals surface area contributed by atoms with Crippen LogP contribution in [0, 0.1) is 5.82 Å². The number of alkyl halides is 2. The van der Waals surface area contributed by atoms with Crippen LogP contribution in [-0.4, -0.2) is 54.0 Å². The molecule has 5 rings (SSSR count). The molecule has 0 bridgehead atoms. The highest BCUT2D eigenvalue weighted by Crippen LogP contribution is 2.38. The molecule has 1 amide bonds. The first kappa shape index (κ1) is 28.5. The molecule has 8 nitrogen and oxygen atoms in total. The van der Waals surface area contributed by atoms with E-state index >= 15 is 4.39 Å². The number of imidazole rings is 1. The molecule has 0 N–H and O–H groups in total. The van der Waals surface area contributed by atoms with Gasteiger partial charge in [-0.05, 0) is 50.6 Å². The van der Waals surface area contributed by atoms with Gasteiger partial charge in [-0.2, -0.15) is 8.78 Å². The molecule has 4 aromatic rings. The predicted octanol–water partition coefficient (Wildman–Crippen LogP) is 6.19. The molecule has 0 saturated carbocycles. The Morgan fingerprint density at radius 2 is 1.76 bits per heavy atom. The Kier molecular flexibility index (Phi) is 7.22. The second-order valence-corrected chi connectivity index (χ2v) is 12.8. The Balaban J connectivity index is 1.67. The number of carbonyl (C=O) groups is 1. The molecule has 1 unspecified atom stereocenters. The first-order chi connectivity index (χ1) is 19.2. The quantitative estimate of drug-likeness (QED) is 0.277. The third kappa shape index (κ3) is 5.88. The lowest BCUT2D eigenvalue weighted by atomic mass is 10.0. The molecule has 0 radical (unpaired) electrons. The Morgan fingerprint density at radius 1 is 1.07 bits per heavy atom. The smallest absolute Gasteiger partial charge is 0.410 e. The first-order valence-electron chi connectivity index (χ1n) is 12.7. The summed E-state index contributed by atoms with van der Waals surface area (Å²) in [5.74, 6) is -0.245. The van der Waals surface area contributed by atoms with E-state index in [2.05, 4.69) is 4.98 Å². The molecule has 1 atom stereocenters. The zero-order valence-corrected chi connectivity index (χ0v) is 23.6. The Labute approximate surface area is 235 Å². The number of benzene rings is 3. The average Bonchev–Trinajstić information content (AvgIpc) is 3.23. The molecular weight excluding hydrogens is 559 g/mol. The summed E-state index contributed by atoms with van der Waals surface area (Å²) in [5.41, 5.74) is 1.06. The molecule has 0 spiro atoms. The largest absolute Gasteiger partial charge is 0.444 e. The molecule has 0 fully saturated rings. The molecule has 12 heteroatoms. The number of hydrogen-bond donors (Lipinski definition) is 0. The van der Waals surface area contributed by atoms with Crippen molar-refractivity contribution in [3.63, 3.8) is 0 Å². The summed E-state index contributed by atoms with van der Waals surface area (Å²) in [6.45, 7) is 2.22. The van der Waals surface area contributed by atoms with E-state index in [-0.39, 0.29) is 29.3 Å². The maximum atomic E-state index is 15.4. The maximum absolute atomic E-state index is 15.4. The van der Waals surface area contributed by atoms with Crippen molar-refractivity contribution < 1.29 is 35.9 Å². The Bertz CT molecular complexity index is 1730. The molecule has 1 aromatic heterocycles. The van der Waals surface area contributed by atoms with Crippen LogP contribution < -0.4 is 4.74 Å². The number of fused-ring (bicyclic) bond motifs is 3. The summed E-state index contributed by atoms with van der Waals surface area (Å²) >= 11 is 0. The van der Waals surface area contributed by atoms with Crippen LogP contribution in [0.4, 0.5) is 18.0 Å². The van der Waals surface area contributed by atoms with E-state index in [0.29, 0.717) is 28.0 Å². The number of rotatable bonds is 5. The van der Waals surface area contributed by atoms with E-state index in [4.69, 9.17) is 9.47 Å². The van der Waals surface area contributed by atoms with Gasteiger partial charge in [0.05, 0.1) is 28.5 Å². The minimum Gasteiger partial charge on any atom is -0.444 e. The summed E-state index contributed by atoms with van der Waals surface area (Å²) in [7, 11) is -3.44. The highest BCUT2D eigenvalue weighted by Gasteiger charge is 2.35. The van der Waals surface area contributed by atoms with Crippen LogP contribution in [-0.2, 0) is 21.1 Å². The maximum Gasteiger partial charge on any atom is 0.410 e. The number of aromatic nitrogens is 2. The molecule has 1 aliphatic rings. The van der Waals surface area contributed by atoms with Crippen LogP contribution in [0.15, 0.2) is 65.6 Å². The molecule has 216 valence electrons. The fraction of sp³-hybridized carbons (Fsp3) is 0.310. The number of ether oxygens (including phenoxy) is 2. The van der Waals surface area contributed by atoms with Gasteiger partial charge in [-0.3, -0.25) is 4.90 Å². The van der Waals surface area contributed by atoms with Crippen molar-refractivity contribution in [2.75, 3.05) is 12.8 Å². The minimum absolute atomic E-state index is 0.0397. The Morgan fingerprint density at radius 3 is 2.39 bits per heavy atom. The fourth-order valence-corrected chi connectivity index (χ4v) is 5.55. The van der Waals surface area contributed by atoms with Crippen molar-refractivity contribution in [3.8, 4) is 16.9 Å². The number of carbonyl (C=O) groups excluding carboxylic acids is 1. The predicted molar refractivity (Wildman–Crippen MR) is 146 cm³/mol. The standard InChI is InChI=1S/C29H28F3N3O5S/c1-29(2,3)40-28(36)34-15-24(19-7-5-6-8-25(19)39-27(31)32)35-23-13-20(21(30)14-22(23)33-26(35)16-34)17-9-11-18(12-10-17)41(4,37)38/h5-14,24,27H,15-16H2,1-4H3. The number of para-hydroxylation sites is 1. The van der Waals surface area contributed by atoms with Crippen molar-refractivity contribution in [1.82, 2.24) is 14.5 Å². The third-order valence-corrected chi connectivity index (χ3v) is 7.76. The highest BCUT2D eigenvalue weighted by molar-refractivity contribution is 7.90. The van der Waals surface area contributed by atoms with Crippen LogP contribution >= 0.6 is 0 Å². The Hall–Kier alpha value is -4.06. The van der Waals surface area contributed by atoms with Crippen molar-refractivity contribution in [3.05, 3.63) is 77.9 Å². The summed E-state index contributed by atoms with van der Waals surface area (Å²) < 4.78 is 78.0. The summed E-state index contributed by atoms with van der Waals surface area (Å²) in [6, 6.07) is 14.2. The number of nitrogens with zero attached hydrogens (tertiary/aromatic N) is 3. The van der Waals surface area contributed by atoms with E-state index in [0.717, 1.165) is 6.26 Å². The topological polar surface area (TPSA) is 90.7 Å². The lowest BCUT2D eigenvalue weighted by Gasteiger charge is -2.36. The van der Waals surface area contributed by atoms with Gasteiger partial charge in [0.1, 0.15) is 23.0 Å². The van der Waals surface area contributed by atoms with Gasteiger partial charge in [0.25, 0.3) is 0 Å². The molecule has 2 heterocycles. The van der Waals surface area contributed by atoms with Crippen LogP contribution in [0.3, 0.4) is 0 Å². The minimum atomic E-state index is -3.44. The fourth-order valence-electron chi connectivity index (χ4n) is 4.92. The van der Waals surface area contributed by atoms with E-state index in [1.54, 1.807) is 49.6 Å². The second kappa shape index (κ2) is 10.4. The van der Waals surface area contributed by atoms with E-state index in [1.807, 2.05) is 0 Å². The number of sulfone groups is 1. The van der Waals surface area contributed by atoms with Crippen LogP contribution in [0.5, 0.6) is 5.75 Å². The second-order valence-electron chi connectivity index (χ2n) is 10.8. The van der Waals surface area contributed by atoms with E-state index in [9.17, 15) is 22.0 Å². The van der Waals surface area contributed by atoms with Crippen LogP contribution in [0.2, 0.25) is 0 Å². The van der Waals surface area contributed by atoms with Gasteiger partial charge in [-0.25, -0.2) is 22.6 Å². The molecule has 3 aromatic carbocycles. The monoisotopic (exact) mass is 587 g/mol. The van der Waals surface area contributed by atoms with Gasteiger partial charge in [-0.1, -0.05) is 30.3 Å². The summed E-state index contributed by atoms with van der Waals surface area (Å²) in [6.07, 6.45) is 0.481. The molecular formula is C29H28F3N3O5S. The lowest BCUT2D eigenvalue weighted by molar-refractivity contribution is -0.0509. The van der Waals surface area contributed by atoms with Gasteiger partial charge in [0.2, 0.25) is 0 Å². The normalized spacial score (nSPS) is 15.7. The van der Waals surface area contributed by atoms with Gasteiger partial charge in [0, 0.05) is 30.0 Å². The molecule has 0 saturated heterocycles. The molecule has 41 heavy (non-hydrogen) atoms. The van der Waals surface area contributed by atoms with Crippen LogP contribution in [0.1, 0.15) is 38.2 Å². The molecule has 0 aliphatic carbocycles. The van der Waals surface area contributed by atoms with Gasteiger partial charge >= 0.3 is 12.7 Å². The van der Waals surface area contributed by atoms with Crippen molar-refractivity contribution in [1.29, 1.82) is 0 Å². The van der Waals surface area contributed by atoms with E-state index < -0.39 is 40.0 Å². The third-order valence-electron chi connectivity index (χ3n) is 6.63. The SMILES string of the molecule is CC(C)(C)OC(=O)N1Cc2nc3cc(F)c(-c4ccc(S(C)(=O)=O)cc4)cc3n2C(c2ccccc2OC(F)F)C1. The zero-order valence-electron chi connectivity index (χ0n) is 22.8. The van der Waals surface area contributed by atoms with Crippen molar-refractivity contribution in [2.24, 2.45) is 0 Å². The first-order valence-corrected chi connectivity index (χ1v) is 14.6.